The summed E-state index contributed by atoms with van der Waals surface area (Å²) in [5.74, 6) is -0.912. The van der Waals surface area contributed by atoms with Gasteiger partial charge in [0.05, 0.1) is 6.20 Å². The summed E-state index contributed by atoms with van der Waals surface area (Å²) in [4.78, 5) is 24.0. The van der Waals surface area contributed by atoms with Crippen molar-refractivity contribution >= 4 is 38.9 Å². The number of piperazine rings is 1. The zero-order valence-corrected chi connectivity index (χ0v) is 11.7. The van der Waals surface area contributed by atoms with Crippen molar-refractivity contribution in [2.24, 2.45) is 0 Å². The second-order valence-corrected chi connectivity index (χ2v) is 5.98. The third kappa shape index (κ3) is 2.54. The predicted octanol–water partition coefficient (Wildman–Crippen LogP) is 1.62. The van der Waals surface area contributed by atoms with E-state index in [1.54, 1.807) is 11.3 Å². The largest absolute Gasteiger partial charge is 0.477 e. The Labute approximate surface area is 118 Å². The van der Waals surface area contributed by atoms with E-state index in [4.69, 9.17) is 5.11 Å². The van der Waals surface area contributed by atoms with E-state index >= 15 is 0 Å². The van der Waals surface area contributed by atoms with Crippen molar-refractivity contribution in [1.82, 2.24) is 9.97 Å². The first-order valence-corrected chi connectivity index (χ1v) is 7.52. The quantitative estimate of drug-likeness (QED) is 0.928. The first-order chi connectivity index (χ1) is 9.24. The Morgan fingerprint density at radius 1 is 1.16 bits per heavy atom. The van der Waals surface area contributed by atoms with Gasteiger partial charge in [-0.05, 0) is 0 Å². The fourth-order valence-corrected chi connectivity index (χ4v) is 3.47. The number of aromatic nitrogens is 2. The number of carboxylic acids is 1. The summed E-state index contributed by atoms with van der Waals surface area (Å²) in [5.41, 5.74) is 0. The van der Waals surface area contributed by atoms with Gasteiger partial charge in [0.25, 0.3) is 0 Å². The molecule has 2 aromatic rings. The van der Waals surface area contributed by atoms with Gasteiger partial charge in [-0.1, -0.05) is 11.3 Å². The summed E-state index contributed by atoms with van der Waals surface area (Å²) in [6.07, 6.45) is 3.24. The van der Waals surface area contributed by atoms with Gasteiger partial charge in [0, 0.05) is 37.8 Å². The lowest BCUT2D eigenvalue weighted by Crippen LogP contribution is -2.46. The zero-order valence-electron chi connectivity index (χ0n) is 10.0. The topological polar surface area (TPSA) is 69.6 Å². The molecule has 19 heavy (non-hydrogen) atoms. The molecule has 1 saturated heterocycles. The fraction of sp³-hybridized carbons (Fsp3) is 0.364. The van der Waals surface area contributed by atoms with Crippen molar-refractivity contribution in [2.45, 2.75) is 0 Å². The van der Waals surface area contributed by atoms with E-state index < -0.39 is 5.97 Å². The maximum Gasteiger partial charge on any atom is 0.347 e. The lowest BCUT2D eigenvalue weighted by Gasteiger charge is -2.34. The highest BCUT2D eigenvalue weighted by molar-refractivity contribution is 7.17. The molecule has 1 aliphatic rings. The van der Waals surface area contributed by atoms with Crippen LogP contribution in [0.15, 0.2) is 17.8 Å². The van der Waals surface area contributed by atoms with Crippen LogP contribution in [0.2, 0.25) is 0 Å². The molecule has 2 aromatic heterocycles. The highest BCUT2D eigenvalue weighted by Gasteiger charge is 2.21. The van der Waals surface area contributed by atoms with Gasteiger partial charge in [0.1, 0.15) is 4.88 Å². The Balaban J connectivity index is 1.64. The van der Waals surface area contributed by atoms with Crippen LogP contribution in [0, 0.1) is 0 Å². The van der Waals surface area contributed by atoms with Crippen molar-refractivity contribution in [3.8, 4) is 0 Å². The van der Waals surface area contributed by atoms with E-state index in [0.29, 0.717) is 0 Å². The van der Waals surface area contributed by atoms with Crippen LogP contribution in [0.5, 0.6) is 0 Å². The van der Waals surface area contributed by atoms with Crippen molar-refractivity contribution in [3.63, 3.8) is 0 Å². The van der Waals surface area contributed by atoms with Crippen molar-refractivity contribution in [2.75, 3.05) is 36.0 Å². The molecule has 100 valence electrons. The maximum absolute atomic E-state index is 10.8. The van der Waals surface area contributed by atoms with E-state index in [0.717, 1.165) is 36.4 Å². The molecule has 0 unspecified atom stereocenters. The predicted molar refractivity (Wildman–Crippen MR) is 75.6 cm³/mol. The van der Waals surface area contributed by atoms with Crippen LogP contribution in [-0.2, 0) is 0 Å². The van der Waals surface area contributed by atoms with Crippen molar-refractivity contribution in [3.05, 3.63) is 22.7 Å². The summed E-state index contributed by atoms with van der Waals surface area (Å²) in [6, 6.07) is 0. The third-order valence-corrected chi connectivity index (χ3v) is 4.82. The summed E-state index contributed by atoms with van der Waals surface area (Å²) >= 11 is 2.87. The molecule has 0 aromatic carbocycles. The first-order valence-electron chi connectivity index (χ1n) is 5.82. The van der Waals surface area contributed by atoms with Gasteiger partial charge < -0.3 is 14.9 Å². The Morgan fingerprint density at radius 2 is 1.84 bits per heavy atom. The van der Waals surface area contributed by atoms with Crippen LogP contribution >= 0.6 is 22.7 Å². The van der Waals surface area contributed by atoms with Crippen LogP contribution in [0.1, 0.15) is 9.67 Å². The first kappa shape index (κ1) is 12.4. The normalized spacial score (nSPS) is 15.8. The summed E-state index contributed by atoms with van der Waals surface area (Å²) in [7, 11) is 0. The number of hydrogen-bond donors (Lipinski definition) is 1. The second kappa shape index (κ2) is 5.14. The molecular weight excluding hydrogens is 284 g/mol. The Morgan fingerprint density at radius 3 is 2.37 bits per heavy atom. The SMILES string of the molecule is O=C(O)c1cnc(N2CCN(c3nccs3)CC2)s1. The van der Waals surface area contributed by atoms with Gasteiger partial charge in [0.15, 0.2) is 10.3 Å². The molecule has 6 nitrogen and oxygen atoms in total. The number of aromatic carboxylic acids is 1. The van der Waals surface area contributed by atoms with Gasteiger partial charge in [-0.15, -0.1) is 11.3 Å². The minimum Gasteiger partial charge on any atom is -0.477 e. The lowest BCUT2D eigenvalue weighted by molar-refractivity contribution is 0.0702. The minimum absolute atomic E-state index is 0.289. The monoisotopic (exact) mass is 296 g/mol. The van der Waals surface area contributed by atoms with Crippen LogP contribution < -0.4 is 9.80 Å². The molecule has 0 atom stereocenters. The van der Waals surface area contributed by atoms with Crippen molar-refractivity contribution < 1.29 is 9.90 Å². The molecule has 8 heteroatoms. The van der Waals surface area contributed by atoms with E-state index in [2.05, 4.69) is 19.8 Å². The fourth-order valence-electron chi connectivity index (χ4n) is 1.97. The average molecular weight is 296 g/mol. The number of carboxylic acid groups (broad SMARTS) is 1. The molecule has 0 aliphatic carbocycles. The Bertz CT molecular complexity index is 561. The van der Waals surface area contributed by atoms with Gasteiger partial charge >= 0.3 is 5.97 Å². The molecular formula is C11H12N4O2S2. The summed E-state index contributed by atoms with van der Waals surface area (Å²) < 4.78 is 0. The van der Waals surface area contributed by atoms with Crippen LogP contribution in [0.4, 0.5) is 10.3 Å². The van der Waals surface area contributed by atoms with Gasteiger partial charge in [-0.2, -0.15) is 0 Å². The number of hydrogen-bond acceptors (Lipinski definition) is 7. The van der Waals surface area contributed by atoms with Gasteiger partial charge in [0.2, 0.25) is 0 Å². The van der Waals surface area contributed by atoms with Crippen LogP contribution in [-0.4, -0.2) is 47.2 Å². The Hall–Kier alpha value is -1.67. The number of carbonyl (C=O) groups is 1. The summed E-state index contributed by atoms with van der Waals surface area (Å²) in [5, 5.41) is 12.7. The molecule has 1 fully saturated rings. The highest BCUT2D eigenvalue weighted by atomic mass is 32.1. The third-order valence-electron chi connectivity index (χ3n) is 2.94. The molecule has 0 amide bonds. The molecule has 1 aliphatic heterocycles. The maximum atomic E-state index is 10.8. The van der Waals surface area contributed by atoms with E-state index in [9.17, 15) is 4.79 Å². The van der Waals surface area contributed by atoms with E-state index in [-0.39, 0.29) is 4.88 Å². The van der Waals surface area contributed by atoms with Crippen molar-refractivity contribution in [1.29, 1.82) is 0 Å². The van der Waals surface area contributed by atoms with E-state index in [1.807, 2.05) is 11.6 Å². The second-order valence-electron chi connectivity index (χ2n) is 4.10. The molecule has 0 spiro atoms. The highest BCUT2D eigenvalue weighted by Crippen LogP contribution is 2.25. The lowest BCUT2D eigenvalue weighted by atomic mass is 10.3. The van der Waals surface area contributed by atoms with Crippen LogP contribution in [0.3, 0.4) is 0 Å². The number of thiazole rings is 2. The van der Waals surface area contributed by atoms with Gasteiger partial charge in [-0.25, -0.2) is 14.8 Å². The molecule has 0 radical (unpaired) electrons. The average Bonchev–Trinajstić information content (AvgIpc) is 3.11. The smallest absolute Gasteiger partial charge is 0.347 e. The number of rotatable bonds is 3. The number of nitrogens with zero attached hydrogens (tertiary/aromatic N) is 4. The molecule has 3 heterocycles. The molecule has 3 rings (SSSR count). The molecule has 0 bridgehead atoms. The standard InChI is InChI=1S/C11H12N4O2S2/c16-9(17)8-7-13-11(19-8)15-4-2-14(3-5-15)10-12-1-6-18-10/h1,6-7H,2-5H2,(H,16,17). The zero-order chi connectivity index (χ0) is 13.2. The summed E-state index contributed by atoms with van der Waals surface area (Å²) in [6.45, 7) is 3.45. The minimum atomic E-state index is -0.912. The van der Waals surface area contributed by atoms with Gasteiger partial charge in [-0.3, -0.25) is 0 Å². The number of anilines is 2. The van der Waals surface area contributed by atoms with Crippen LogP contribution in [0.25, 0.3) is 0 Å². The Kier molecular flexibility index (Phi) is 3.34. The molecule has 0 saturated carbocycles. The van der Waals surface area contributed by atoms with E-state index in [1.165, 1.54) is 17.5 Å². The molecule has 1 N–H and O–H groups in total.